The number of hydrogen-bond donors (Lipinski definition) is 1. The van der Waals surface area contributed by atoms with Crippen molar-refractivity contribution >= 4 is 21.4 Å². The van der Waals surface area contributed by atoms with Crippen LogP contribution in [0.15, 0.2) is 42.5 Å². The Morgan fingerprint density at radius 3 is 2.79 bits per heavy atom. The van der Waals surface area contributed by atoms with Crippen LogP contribution in [-0.2, 0) is 6.42 Å². The fourth-order valence-corrected chi connectivity index (χ4v) is 6.82. The van der Waals surface area contributed by atoms with Crippen LogP contribution in [0, 0.1) is 5.92 Å². The van der Waals surface area contributed by atoms with Gasteiger partial charge in [0.25, 0.3) is 0 Å². The molecule has 1 fully saturated rings. The van der Waals surface area contributed by atoms with E-state index >= 15 is 0 Å². The summed E-state index contributed by atoms with van der Waals surface area (Å²) in [4.78, 5) is 3.81. The second-order valence-electron chi connectivity index (χ2n) is 10.4. The van der Waals surface area contributed by atoms with Crippen LogP contribution >= 0.6 is 11.3 Å². The molecule has 0 spiro atoms. The van der Waals surface area contributed by atoms with Gasteiger partial charge in [0.1, 0.15) is 24.1 Å². The smallest absolute Gasteiger partial charge is 0.165 e. The Kier molecular flexibility index (Phi) is 6.49. The molecule has 0 aliphatic carbocycles. The number of benzene rings is 2. The molecule has 2 aromatic carbocycles. The molecule has 34 heavy (non-hydrogen) atoms. The topological polar surface area (TPSA) is 51.2 Å². The molecule has 0 unspecified atom stereocenters. The molecule has 5 nitrogen and oxygen atoms in total. The zero-order valence-electron chi connectivity index (χ0n) is 20.5. The first kappa shape index (κ1) is 23.5. The molecular weight excluding hydrogens is 446 g/mol. The van der Waals surface area contributed by atoms with Crippen molar-refractivity contribution in [2.75, 3.05) is 33.4 Å². The number of rotatable bonds is 7. The molecule has 3 heterocycles. The molecule has 3 aromatic rings. The largest absolute Gasteiger partial charge is 0.496 e. The lowest BCUT2D eigenvalue weighted by molar-refractivity contribution is 0.0479. The fraction of sp³-hybridized carbons (Fsp3) is 0.500. The summed E-state index contributed by atoms with van der Waals surface area (Å²) >= 11 is 1.89. The Morgan fingerprint density at radius 1 is 1.21 bits per heavy atom. The molecule has 0 radical (unpaired) electrons. The monoisotopic (exact) mass is 481 g/mol. The Bertz CT molecular complexity index is 1160. The number of aliphatic hydroxyl groups is 1. The van der Waals surface area contributed by atoms with Gasteiger partial charge in [-0.05, 0) is 62.9 Å². The molecule has 3 atom stereocenters. The number of likely N-dealkylation sites (tertiary alicyclic amines) is 1. The number of piperidine rings is 1. The summed E-state index contributed by atoms with van der Waals surface area (Å²) in [6, 6.07) is 14.6. The highest BCUT2D eigenvalue weighted by Gasteiger charge is 2.33. The molecule has 0 saturated carbocycles. The van der Waals surface area contributed by atoms with E-state index in [1.54, 1.807) is 7.11 Å². The van der Waals surface area contributed by atoms with Crippen molar-refractivity contribution in [1.29, 1.82) is 0 Å². The Hall–Kier alpha value is -2.28. The van der Waals surface area contributed by atoms with Crippen LogP contribution in [0.1, 0.15) is 43.6 Å². The van der Waals surface area contributed by atoms with Crippen molar-refractivity contribution in [2.24, 2.45) is 5.92 Å². The van der Waals surface area contributed by atoms with E-state index in [9.17, 15) is 5.11 Å². The minimum Gasteiger partial charge on any atom is -0.496 e. The average molecular weight is 482 g/mol. The minimum absolute atomic E-state index is 0.208. The SMILES string of the molecule is COc1cccc2sc([C@@H]3CCN(C[C@H](O)COc4cccc5c4OC(C)(C)C5)C[C@@H]3C)cc12. The fourth-order valence-electron chi connectivity index (χ4n) is 5.47. The molecular formula is C28H35NO4S. The third kappa shape index (κ3) is 4.77. The van der Waals surface area contributed by atoms with Crippen molar-refractivity contribution < 1.29 is 19.3 Å². The number of hydrogen-bond acceptors (Lipinski definition) is 6. The van der Waals surface area contributed by atoms with Crippen molar-refractivity contribution in [1.82, 2.24) is 4.90 Å². The van der Waals surface area contributed by atoms with Gasteiger partial charge in [0, 0.05) is 40.0 Å². The van der Waals surface area contributed by atoms with Gasteiger partial charge in [-0.25, -0.2) is 0 Å². The van der Waals surface area contributed by atoms with Gasteiger partial charge in [0.15, 0.2) is 11.5 Å². The van der Waals surface area contributed by atoms with Gasteiger partial charge in [-0.15, -0.1) is 11.3 Å². The number of thiophene rings is 1. The third-order valence-electron chi connectivity index (χ3n) is 7.07. The van der Waals surface area contributed by atoms with E-state index in [-0.39, 0.29) is 12.2 Å². The zero-order valence-corrected chi connectivity index (χ0v) is 21.4. The number of ether oxygens (including phenoxy) is 3. The van der Waals surface area contributed by atoms with Crippen LogP contribution in [0.3, 0.4) is 0 Å². The number of fused-ring (bicyclic) bond motifs is 2. The minimum atomic E-state index is -0.539. The summed E-state index contributed by atoms with van der Waals surface area (Å²) in [6.45, 7) is 9.36. The molecule has 182 valence electrons. The Labute approximate surface area is 206 Å². The molecule has 0 amide bonds. The molecule has 0 bridgehead atoms. The quantitative estimate of drug-likeness (QED) is 0.484. The van der Waals surface area contributed by atoms with Crippen LogP contribution in [0.25, 0.3) is 10.1 Å². The van der Waals surface area contributed by atoms with Gasteiger partial charge in [-0.1, -0.05) is 25.1 Å². The van der Waals surface area contributed by atoms with Gasteiger partial charge < -0.3 is 24.2 Å². The van der Waals surface area contributed by atoms with Gasteiger partial charge >= 0.3 is 0 Å². The summed E-state index contributed by atoms with van der Waals surface area (Å²) < 4.78 is 18.9. The van der Waals surface area contributed by atoms with Crippen LogP contribution in [0.2, 0.25) is 0 Å². The maximum absolute atomic E-state index is 10.7. The summed E-state index contributed by atoms with van der Waals surface area (Å²) in [5.74, 6) is 3.57. The van der Waals surface area contributed by atoms with Crippen LogP contribution in [0.4, 0.5) is 0 Å². The molecule has 6 heteroatoms. The Balaban J connectivity index is 1.16. The zero-order chi connectivity index (χ0) is 23.9. The molecule has 1 aromatic heterocycles. The first-order chi connectivity index (χ1) is 16.3. The van der Waals surface area contributed by atoms with Gasteiger partial charge in [-0.2, -0.15) is 0 Å². The second kappa shape index (κ2) is 9.40. The van der Waals surface area contributed by atoms with Crippen molar-refractivity contribution in [3.8, 4) is 17.2 Å². The van der Waals surface area contributed by atoms with E-state index in [0.717, 1.165) is 43.2 Å². The summed E-state index contributed by atoms with van der Waals surface area (Å²) in [5.41, 5.74) is 0.965. The van der Waals surface area contributed by atoms with E-state index < -0.39 is 6.10 Å². The van der Waals surface area contributed by atoms with Crippen molar-refractivity contribution in [2.45, 2.75) is 51.2 Å². The molecule has 5 rings (SSSR count). The highest BCUT2D eigenvalue weighted by molar-refractivity contribution is 7.19. The highest BCUT2D eigenvalue weighted by atomic mass is 32.1. The number of methoxy groups -OCH3 is 1. The standard InChI is InChI=1S/C28H35NO4S/c1-18-15-29(12-11-21(18)26-13-22-23(31-4)8-6-10-25(22)34-26)16-20(30)17-32-24-9-5-7-19-14-28(2,3)33-27(19)24/h5-10,13,18,20-21,30H,11-12,14-17H2,1-4H3/t18-,20-,21+/m0/s1. The maximum atomic E-state index is 10.7. The van der Waals surface area contributed by atoms with Crippen molar-refractivity contribution in [3.63, 3.8) is 0 Å². The highest BCUT2D eigenvalue weighted by Crippen LogP contribution is 2.43. The molecule has 1 saturated heterocycles. The van der Waals surface area contributed by atoms with E-state index in [1.165, 1.54) is 20.5 Å². The number of aliphatic hydroxyl groups excluding tert-OH is 1. The average Bonchev–Trinajstić information content (AvgIpc) is 3.37. The van der Waals surface area contributed by atoms with Gasteiger partial charge in [0.2, 0.25) is 0 Å². The molecule has 2 aliphatic heterocycles. The normalized spacial score (nSPS) is 22.9. The number of nitrogens with zero attached hydrogens (tertiary/aromatic N) is 1. The first-order valence-corrected chi connectivity index (χ1v) is 13.0. The summed E-state index contributed by atoms with van der Waals surface area (Å²) in [6.07, 6.45) is 1.43. The lowest BCUT2D eigenvalue weighted by atomic mass is 9.85. The first-order valence-electron chi connectivity index (χ1n) is 12.2. The van der Waals surface area contributed by atoms with Crippen LogP contribution in [-0.4, -0.2) is 55.1 Å². The lowest BCUT2D eigenvalue weighted by Crippen LogP contribution is -2.43. The molecule has 2 aliphatic rings. The van der Waals surface area contributed by atoms with Gasteiger partial charge in [0.05, 0.1) is 7.11 Å². The predicted octanol–water partition coefficient (Wildman–Crippen LogP) is 5.49. The van der Waals surface area contributed by atoms with E-state index in [4.69, 9.17) is 14.2 Å². The summed E-state index contributed by atoms with van der Waals surface area (Å²) in [5, 5.41) is 11.9. The number of β-amino-alcohol motifs (C(OH)–C–C–N with tert-alkyl or cyclic N) is 1. The molecule has 1 N–H and O–H groups in total. The van der Waals surface area contributed by atoms with Crippen LogP contribution < -0.4 is 14.2 Å². The lowest BCUT2D eigenvalue weighted by Gasteiger charge is -2.37. The van der Waals surface area contributed by atoms with E-state index in [0.29, 0.717) is 18.4 Å². The second-order valence-corrected chi connectivity index (χ2v) is 11.5. The predicted molar refractivity (Wildman–Crippen MR) is 138 cm³/mol. The van der Waals surface area contributed by atoms with Gasteiger partial charge in [-0.3, -0.25) is 0 Å². The number of para-hydroxylation sites is 1. The van der Waals surface area contributed by atoms with E-state index in [1.807, 2.05) is 29.5 Å². The van der Waals surface area contributed by atoms with Crippen molar-refractivity contribution in [3.05, 3.63) is 52.9 Å². The Morgan fingerprint density at radius 2 is 2.00 bits per heavy atom. The summed E-state index contributed by atoms with van der Waals surface area (Å²) in [7, 11) is 1.74. The van der Waals surface area contributed by atoms with Crippen LogP contribution in [0.5, 0.6) is 17.2 Å². The maximum Gasteiger partial charge on any atom is 0.165 e. The third-order valence-corrected chi connectivity index (χ3v) is 8.30. The van der Waals surface area contributed by atoms with E-state index in [2.05, 4.69) is 49.9 Å².